The molecular formula is C13H23ClN4. The van der Waals surface area contributed by atoms with Crippen molar-refractivity contribution in [3.8, 4) is 0 Å². The molecule has 0 amide bonds. The van der Waals surface area contributed by atoms with Crippen LogP contribution in [0, 0.1) is 6.92 Å². The van der Waals surface area contributed by atoms with E-state index in [4.69, 9.17) is 11.6 Å². The van der Waals surface area contributed by atoms with E-state index in [1.807, 2.05) is 14.0 Å². The summed E-state index contributed by atoms with van der Waals surface area (Å²) in [6.45, 7) is 8.50. The molecule has 0 radical (unpaired) electrons. The lowest BCUT2D eigenvalue weighted by Gasteiger charge is -2.22. The Balaban J connectivity index is 1.85. The summed E-state index contributed by atoms with van der Waals surface area (Å²) in [5, 5.41) is 8.60. The molecule has 102 valence electrons. The predicted octanol–water partition coefficient (Wildman–Crippen LogP) is 1.96. The summed E-state index contributed by atoms with van der Waals surface area (Å²) in [7, 11) is 1.88. The van der Waals surface area contributed by atoms with Crippen molar-refractivity contribution < 1.29 is 0 Å². The number of nitrogens with one attached hydrogen (secondary N) is 1. The van der Waals surface area contributed by atoms with Gasteiger partial charge < -0.3 is 5.32 Å². The highest BCUT2D eigenvalue weighted by atomic mass is 35.5. The molecule has 4 nitrogen and oxygen atoms in total. The molecule has 1 aromatic rings. The van der Waals surface area contributed by atoms with Gasteiger partial charge in [0.2, 0.25) is 0 Å². The van der Waals surface area contributed by atoms with Gasteiger partial charge >= 0.3 is 0 Å². The van der Waals surface area contributed by atoms with Crippen LogP contribution in [0.25, 0.3) is 0 Å². The van der Waals surface area contributed by atoms with E-state index < -0.39 is 0 Å². The first kappa shape index (κ1) is 13.8. The molecule has 0 aromatic carbocycles. The smallest absolute Gasteiger partial charge is 0.131 e. The number of rotatable bonds is 5. The number of aryl methyl sites for hydroxylation is 2. The van der Waals surface area contributed by atoms with E-state index in [9.17, 15) is 0 Å². The van der Waals surface area contributed by atoms with Gasteiger partial charge in [-0.3, -0.25) is 9.58 Å². The van der Waals surface area contributed by atoms with Crippen LogP contribution in [0.3, 0.4) is 0 Å². The van der Waals surface area contributed by atoms with Gasteiger partial charge in [0, 0.05) is 31.7 Å². The molecule has 1 N–H and O–H groups in total. The summed E-state index contributed by atoms with van der Waals surface area (Å²) < 4.78 is 1.74. The maximum atomic E-state index is 6.22. The lowest BCUT2D eigenvalue weighted by atomic mass is 10.2. The van der Waals surface area contributed by atoms with Gasteiger partial charge in [-0.25, -0.2) is 0 Å². The van der Waals surface area contributed by atoms with Gasteiger partial charge in [-0.15, -0.1) is 0 Å². The van der Waals surface area contributed by atoms with Crippen molar-refractivity contribution in [1.82, 2.24) is 20.0 Å². The highest BCUT2D eigenvalue weighted by Crippen LogP contribution is 2.19. The largest absolute Gasteiger partial charge is 0.311 e. The normalized spacial score (nSPS) is 20.8. The number of halogens is 1. The van der Waals surface area contributed by atoms with E-state index in [0.717, 1.165) is 36.0 Å². The van der Waals surface area contributed by atoms with Crippen molar-refractivity contribution >= 4 is 11.6 Å². The standard InChI is InChI=1S/C13H23ClN4/c1-4-18-7-5-6-11(18)8-15-9-12-10(2)16-17(3)13(12)14/h11,15H,4-9H2,1-3H3. The monoisotopic (exact) mass is 270 g/mol. The van der Waals surface area contributed by atoms with Crippen LogP contribution in [0.2, 0.25) is 5.15 Å². The molecule has 2 rings (SSSR count). The Bertz CT molecular complexity index is 402. The number of likely N-dealkylation sites (tertiary alicyclic amines) is 1. The topological polar surface area (TPSA) is 33.1 Å². The van der Waals surface area contributed by atoms with Gasteiger partial charge in [0.15, 0.2) is 0 Å². The van der Waals surface area contributed by atoms with Gasteiger partial charge in [-0.05, 0) is 32.9 Å². The third-order valence-electron chi connectivity index (χ3n) is 3.86. The van der Waals surface area contributed by atoms with Crippen LogP contribution >= 0.6 is 11.6 Å². The first-order valence-corrected chi connectivity index (χ1v) is 7.14. The molecule has 1 aliphatic heterocycles. The summed E-state index contributed by atoms with van der Waals surface area (Å²) in [5.74, 6) is 0. The van der Waals surface area contributed by atoms with E-state index >= 15 is 0 Å². The SMILES string of the molecule is CCN1CCCC1CNCc1c(C)nn(C)c1Cl. The zero-order chi connectivity index (χ0) is 13.1. The number of aromatic nitrogens is 2. The number of hydrogen-bond acceptors (Lipinski definition) is 3. The highest BCUT2D eigenvalue weighted by molar-refractivity contribution is 6.30. The summed E-state index contributed by atoms with van der Waals surface area (Å²) in [4.78, 5) is 2.55. The minimum Gasteiger partial charge on any atom is -0.311 e. The molecule has 2 heterocycles. The molecular weight excluding hydrogens is 248 g/mol. The highest BCUT2D eigenvalue weighted by Gasteiger charge is 2.22. The second-order valence-electron chi connectivity index (χ2n) is 5.03. The van der Waals surface area contributed by atoms with Crippen molar-refractivity contribution in [2.45, 2.75) is 39.3 Å². The number of hydrogen-bond donors (Lipinski definition) is 1. The van der Waals surface area contributed by atoms with Crippen LogP contribution in [-0.2, 0) is 13.6 Å². The fourth-order valence-corrected chi connectivity index (χ4v) is 3.02. The summed E-state index contributed by atoms with van der Waals surface area (Å²) in [6.07, 6.45) is 2.63. The summed E-state index contributed by atoms with van der Waals surface area (Å²) >= 11 is 6.22. The predicted molar refractivity (Wildman–Crippen MR) is 74.9 cm³/mol. The zero-order valence-corrected chi connectivity index (χ0v) is 12.3. The molecule has 0 bridgehead atoms. The molecule has 0 aliphatic carbocycles. The van der Waals surface area contributed by atoms with Crippen LogP contribution in [0.4, 0.5) is 0 Å². The zero-order valence-electron chi connectivity index (χ0n) is 11.5. The number of nitrogens with zero attached hydrogens (tertiary/aromatic N) is 3. The molecule has 1 saturated heterocycles. The lowest BCUT2D eigenvalue weighted by Crippen LogP contribution is -2.37. The van der Waals surface area contributed by atoms with E-state index in [0.29, 0.717) is 6.04 Å². The second kappa shape index (κ2) is 6.04. The number of likely N-dealkylation sites (N-methyl/N-ethyl adjacent to an activating group) is 1. The van der Waals surface area contributed by atoms with Crippen LogP contribution in [0.5, 0.6) is 0 Å². The molecule has 1 aliphatic rings. The Hall–Kier alpha value is -0.580. The fourth-order valence-electron chi connectivity index (χ4n) is 2.78. The van der Waals surface area contributed by atoms with Gasteiger partial charge in [-0.1, -0.05) is 18.5 Å². The first-order valence-electron chi connectivity index (χ1n) is 6.76. The molecule has 1 fully saturated rings. The maximum absolute atomic E-state index is 6.22. The Morgan fingerprint density at radius 2 is 2.28 bits per heavy atom. The minimum atomic E-state index is 0.686. The Labute approximate surface area is 114 Å². The molecule has 18 heavy (non-hydrogen) atoms. The molecule has 1 aromatic heterocycles. The molecule has 5 heteroatoms. The Kier molecular flexibility index (Phi) is 4.65. The van der Waals surface area contributed by atoms with Gasteiger partial charge in [0.05, 0.1) is 5.69 Å². The lowest BCUT2D eigenvalue weighted by molar-refractivity contribution is 0.260. The summed E-state index contributed by atoms with van der Waals surface area (Å²) in [5.41, 5.74) is 2.15. The minimum absolute atomic E-state index is 0.686. The maximum Gasteiger partial charge on any atom is 0.131 e. The van der Waals surface area contributed by atoms with Crippen molar-refractivity contribution in [2.24, 2.45) is 7.05 Å². The average molecular weight is 271 g/mol. The Morgan fingerprint density at radius 3 is 2.89 bits per heavy atom. The van der Waals surface area contributed by atoms with E-state index in [1.54, 1.807) is 4.68 Å². The quantitative estimate of drug-likeness (QED) is 0.888. The first-order chi connectivity index (χ1) is 8.63. The molecule has 1 atom stereocenters. The van der Waals surface area contributed by atoms with Gasteiger partial charge in [-0.2, -0.15) is 5.10 Å². The fraction of sp³-hybridized carbons (Fsp3) is 0.769. The van der Waals surface area contributed by atoms with E-state index in [-0.39, 0.29) is 0 Å². The molecule has 1 unspecified atom stereocenters. The van der Waals surface area contributed by atoms with Crippen molar-refractivity contribution in [3.05, 3.63) is 16.4 Å². The van der Waals surface area contributed by atoms with Crippen LogP contribution in [0.1, 0.15) is 31.0 Å². The van der Waals surface area contributed by atoms with Crippen molar-refractivity contribution in [1.29, 1.82) is 0 Å². The van der Waals surface area contributed by atoms with Gasteiger partial charge in [0.25, 0.3) is 0 Å². The van der Waals surface area contributed by atoms with Crippen molar-refractivity contribution in [2.75, 3.05) is 19.6 Å². The van der Waals surface area contributed by atoms with Crippen LogP contribution in [0.15, 0.2) is 0 Å². The summed E-state index contributed by atoms with van der Waals surface area (Å²) in [6, 6.07) is 0.686. The van der Waals surface area contributed by atoms with E-state index in [1.165, 1.54) is 19.4 Å². The molecule has 0 spiro atoms. The Morgan fingerprint density at radius 1 is 1.50 bits per heavy atom. The van der Waals surface area contributed by atoms with E-state index in [2.05, 4.69) is 22.2 Å². The molecule has 0 saturated carbocycles. The van der Waals surface area contributed by atoms with Crippen molar-refractivity contribution in [3.63, 3.8) is 0 Å². The second-order valence-corrected chi connectivity index (χ2v) is 5.39. The third kappa shape index (κ3) is 2.87. The van der Waals surface area contributed by atoms with Gasteiger partial charge in [0.1, 0.15) is 5.15 Å². The van der Waals surface area contributed by atoms with Crippen LogP contribution < -0.4 is 5.32 Å². The third-order valence-corrected chi connectivity index (χ3v) is 4.33. The van der Waals surface area contributed by atoms with Crippen LogP contribution in [-0.4, -0.2) is 40.4 Å². The average Bonchev–Trinajstić information content (AvgIpc) is 2.89.